The molecular formula is C11H17N3OS. The lowest BCUT2D eigenvalue weighted by Gasteiger charge is -2.04. The standard InChI is InChI=1S/C11H17N3OS/c1-3-9(2)16-8-10-13-11(15-14-10)6-4-5-7-12/h9H,3-6,8H2,1-2H3. The Morgan fingerprint density at radius 2 is 2.38 bits per heavy atom. The molecule has 0 N–H and O–H groups in total. The van der Waals surface area contributed by atoms with E-state index >= 15 is 0 Å². The lowest BCUT2D eigenvalue weighted by Crippen LogP contribution is -1.95. The highest BCUT2D eigenvalue weighted by Gasteiger charge is 2.07. The molecule has 1 rings (SSSR count). The molecule has 0 amide bonds. The van der Waals surface area contributed by atoms with E-state index in [-0.39, 0.29) is 0 Å². The second kappa shape index (κ2) is 7.29. The van der Waals surface area contributed by atoms with Crippen LogP contribution in [0.2, 0.25) is 0 Å². The van der Waals surface area contributed by atoms with E-state index in [9.17, 15) is 0 Å². The normalized spacial score (nSPS) is 12.3. The molecule has 0 radical (unpaired) electrons. The van der Waals surface area contributed by atoms with Gasteiger partial charge >= 0.3 is 0 Å². The number of nitriles is 1. The van der Waals surface area contributed by atoms with Gasteiger partial charge in [-0.15, -0.1) is 0 Å². The number of hydrogen-bond acceptors (Lipinski definition) is 5. The summed E-state index contributed by atoms with van der Waals surface area (Å²) in [6, 6.07) is 2.10. The van der Waals surface area contributed by atoms with Crippen LogP contribution in [0.25, 0.3) is 0 Å². The smallest absolute Gasteiger partial charge is 0.226 e. The Morgan fingerprint density at radius 1 is 1.56 bits per heavy atom. The number of aromatic nitrogens is 2. The lowest BCUT2D eigenvalue weighted by molar-refractivity contribution is 0.372. The number of thioether (sulfide) groups is 1. The fourth-order valence-corrected chi connectivity index (χ4v) is 1.89. The summed E-state index contributed by atoms with van der Waals surface area (Å²) in [7, 11) is 0. The first-order valence-corrected chi connectivity index (χ1v) is 6.61. The molecule has 0 aliphatic rings. The van der Waals surface area contributed by atoms with Crippen LogP contribution < -0.4 is 0 Å². The maximum atomic E-state index is 8.40. The largest absolute Gasteiger partial charge is 0.339 e. The molecule has 0 spiro atoms. The molecule has 1 aromatic heterocycles. The molecule has 0 aliphatic heterocycles. The van der Waals surface area contributed by atoms with Crippen LogP contribution in [0.3, 0.4) is 0 Å². The molecule has 1 unspecified atom stereocenters. The first-order valence-electron chi connectivity index (χ1n) is 5.56. The third-order valence-corrected chi connectivity index (χ3v) is 3.59. The Hall–Kier alpha value is -1.02. The van der Waals surface area contributed by atoms with Crippen molar-refractivity contribution in [3.05, 3.63) is 11.7 Å². The number of aryl methyl sites for hydroxylation is 1. The first-order chi connectivity index (χ1) is 7.76. The third kappa shape index (κ3) is 4.67. The van der Waals surface area contributed by atoms with E-state index < -0.39 is 0 Å². The van der Waals surface area contributed by atoms with Gasteiger partial charge in [0.1, 0.15) is 0 Å². The van der Waals surface area contributed by atoms with Gasteiger partial charge in [-0.1, -0.05) is 19.0 Å². The van der Waals surface area contributed by atoms with Crippen molar-refractivity contribution in [1.82, 2.24) is 10.1 Å². The van der Waals surface area contributed by atoms with Crippen molar-refractivity contribution in [2.24, 2.45) is 0 Å². The van der Waals surface area contributed by atoms with Crippen LogP contribution in [0.15, 0.2) is 4.52 Å². The average molecular weight is 239 g/mol. The molecule has 4 nitrogen and oxygen atoms in total. The van der Waals surface area contributed by atoms with Crippen molar-refractivity contribution < 1.29 is 4.52 Å². The predicted octanol–water partition coefficient (Wildman–Crippen LogP) is 2.95. The van der Waals surface area contributed by atoms with E-state index in [0.29, 0.717) is 24.0 Å². The molecule has 0 fully saturated rings. The van der Waals surface area contributed by atoms with Gasteiger partial charge < -0.3 is 4.52 Å². The summed E-state index contributed by atoms with van der Waals surface area (Å²) in [5.41, 5.74) is 0. The summed E-state index contributed by atoms with van der Waals surface area (Å²) >= 11 is 1.83. The van der Waals surface area contributed by atoms with Crippen molar-refractivity contribution >= 4 is 11.8 Å². The van der Waals surface area contributed by atoms with Crippen LogP contribution >= 0.6 is 11.8 Å². The zero-order chi connectivity index (χ0) is 11.8. The van der Waals surface area contributed by atoms with Crippen molar-refractivity contribution in [1.29, 1.82) is 5.26 Å². The molecule has 0 aliphatic carbocycles. The van der Waals surface area contributed by atoms with Crippen LogP contribution in [-0.2, 0) is 12.2 Å². The number of nitrogens with zero attached hydrogens (tertiary/aromatic N) is 3. The summed E-state index contributed by atoms with van der Waals surface area (Å²) < 4.78 is 5.09. The van der Waals surface area contributed by atoms with Gasteiger partial charge in [-0.3, -0.25) is 0 Å². The number of rotatable bonds is 7. The summed E-state index contributed by atoms with van der Waals surface area (Å²) in [5.74, 6) is 2.21. The van der Waals surface area contributed by atoms with Gasteiger partial charge in [0.15, 0.2) is 5.82 Å². The van der Waals surface area contributed by atoms with Crippen LogP contribution in [0, 0.1) is 11.3 Å². The number of unbranched alkanes of at least 4 members (excludes halogenated alkanes) is 1. The highest BCUT2D eigenvalue weighted by molar-refractivity contribution is 7.99. The number of hydrogen-bond donors (Lipinski definition) is 0. The van der Waals surface area contributed by atoms with Crippen molar-refractivity contribution in [2.75, 3.05) is 0 Å². The first kappa shape index (κ1) is 13.0. The van der Waals surface area contributed by atoms with Crippen molar-refractivity contribution in [3.8, 4) is 6.07 Å². The summed E-state index contributed by atoms with van der Waals surface area (Å²) in [6.07, 6.45) is 3.18. The Balaban J connectivity index is 2.31. The Labute approximate surface area is 100 Å². The van der Waals surface area contributed by atoms with E-state index in [4.69, 9.17) is 9.78 Å². The van der Waals surface area contributed by atoms with E-state index in [0.717, 1.165) is 24.4 Å². The fourth-order valence-electron chi connectivity index (χ4n) is 1.10. The second-order valence-corrected chi connectivity index (χ2v) is 5.07. The van der Waals surface area contributed by atoms with Gasteiger partial charge in [0, 0.05) is 18.1 Å². The SMILES string of the molecule is CCC(C)SCc1noc(CCCC#N)n1. The van der Waals surface area contributed by atoms with E-state index in [1.807, 2.05) is 11.8 Å². The van der Waals surface area contributed by atoms with Gasteiger partial charge in [0.05, 0.1) is 11.8 Å². The molecule has 1 aromatic rings. The van der Waals surface area contributed by atoms with Gasteiger partial charge in [-0.25, -0.2) is 0 Å². The van der Waals surface area contributed by atoms with Crippen molar-refractivity contribution in [3.63, 3.8) is 0 Å². The van der Waals surface area contributed by atoms with Crippen LogP contribution in [0.5, 0.6) is 0 Å². The topological polar surface area (TPSA) is 62.7 Å². The van der Waals surface area contributed by atoms with Gasteiger partial charge in [-0.05, 0) is 12.8 Å². The van der Waals surface area contributed by atoms with Crippen LogP contribution in [0.4, 0.5) is 0 Å². The average Bonchev–Trinajstić information content (AvgIpc) is 2.74. The molecule has 0 saturated heterocycles. The maximum Gasteiger partial charge on any atom is 0.226 e. The van der Waals surface area contributed by atoms with Crippen molar-refractivity contribution in [2.45, 2.75) is 50.5 Å². The minimum atomic E-state index is 0.541. The van der Waals surface area contributed by atoms with Crippen LogP contribution in [0.1, 0.15) is 44.8 Å². The fraction of sp³-hybridized carbons (Fsp3) is 0.727. The highest BCUT2D eigenvalue weighted by atomic mass is 32.2. The van der Waals surface area contributed by atoms with E-state index in [1.54, 1.807) is 0 Å². The molecule has 0 saturated carbocycles. The Bertz CT molecular complexity index is 345. The molecular weight excluding hydrogens is 222 g/mol. The van der Waals surface area contributed by atoms with E-state index in [1.165, 1.54) is 0 Å². The third-order valence-electron chi connectivity index (χ3n) is 2.26. The van der Waals surface area contributed by atoms with E-state index in [2.05, 4.69) is 30.1 Å². The molecule has 1 heterocycles. The van der Waals surface area contributed by atoms with Crippen LogP contribution in [-0.4, -0.2) is 15.4 Å². The molecule has 5 heteroatoms. The molecule has 1 atom stereocenters. The predicted molar refractivity (Wildman–Crippen MR) is 63.9 cm³/mol. The minimum Gasteiger partial charge on any atom is -0.339 e. The van der Waals surface area contributed by atoms with Gasteiger partial charge in [0.25, 0.3) is 0 Å². The molecule has 88 valence electrons. The Kier molecular flexibility index (Phi) is 5.94. The summed E-state index contributed by atoms with van der Waals surface area (Å²) in [6.45, 7) is 4.36. The molecule has 0 bridgehead atoms. The van der Waals surface area contributed by atoms with Gasteiger partial charge in [-0.2, -0.15) is 22.0 Å². The quantitative estimate of drug-likeness (QED) is 0.684. The molecule has 0 aromatic carbocycles. The zero-order valence-electron chi connectivity index (χ0n) is 9.77. The minimum absolute atomic E-state index is 0.541. The summed E-state index contributed by atoms with van der Waals surface area (Å²) in [4.78, 5) is 4.28. The zero-order valence-corrected chi connectivity index (χ0v) is 10.6. The lowest BCUT2D eigenvalue weighted by atomic mass is 10.2. The molecule has 16 heavy (non-hydrogen) atoms. The van der Waals surface area contributed by atoms with Gasteiger partial charge in [0.2, 0.25) is 5.89 Å². The second-order valence-electron chi connectivity index (χ2n) is 3.65. The Morgan fingerprint density at radius 3 is 3.06 bits per heavy atom. The monoisotopic (exact) mass is 239 g/mol. The highest BCUT2D eigenvalue weighted by Crippen LogP contribution is 2.18. The maximum absolute atomic E-state index is 8.40. The summed E-state index contributed by atoms with van der Waals surface area (Å²) in [5, 5.41) is 12.9.